The second-order valence-electron chi connectivity index (χ2n) is 8.41. The molecule has 2 aromatic carbocycles. The van der Waals surface area contributed by atoms with E-state index in [0.29, 0.717) is 6.54 Å². The summed E-state index contributed by atoms with van der Waals surface area (Å²) in [5, 5.41) is 6.97. The summed E-state index contributed by atoms with van der Waals surface area (Å²) in [6.07, 6.45) is 2.59. The van der Waals surface area contributed by atoms with Gasteiger partial charge < -0.3 is 20.4 Å². The molecule has 0 radical (unpaired) electrons. The predicted molar refractivity (Wildman–Crippen MR) is 144 cm³/mol. The smallest absolute Gasteiger partial charge is 0.192 e. The van der Waals surface area contributed by atoms with Gasteiger partial charge in [0.05, 0.1) is 12.6 Å². The molecule has 2 N–H and O–H groups in total. The fraction of sp³-hybridized carbons (Fsp3) is 0.480. The van der Waals surface area contributed by atoms with Gasteiger partial charge in [-0.2, -0.15) is 0 Å². The molecule has 0 saturated carbocycles. The van der Waals surface area contributed by atoms with E-state index < -0.39 is 0 Å². The summed E-state index contributed by atoms with van der Waals surface area (Å²) in [5.74, 6) is 0.856. The molecule has 6 heteroatoms. The van der Waals surface area contributed by atoms with Crippen LogP contribution in [0.5, 0.6) is 0 Å². The summed E-state index contributed by atoms with van der Waals surface area (Å²) in [7, 11) is 4.19. The van der Waals surface area contributed by atoms with Crippen LogP contribution >= 0.6 is 24.0 Å². The topological polar surface area (TPSA) is 42.9 Å². The molecule has 1 unspecified atom stereocenters. The molecule has 1 aliphatic rings. The minimum atomic E-state index is 0. The first-order chi connectivity index (χ1) is 14.5. The maximum absolute atomic E-state index is 4.84. The zero-order valence-electron chi connectivity index (χ0n) is 19.4. The van der Waals surface area contributed by atoms with E-state index in [1.54, 1.807) is 0 Å². The predicted octanol–water partition coefficient (Wildman–Crippen LogP) is 4.78. The van der Waals surface area contributed by atoms with E-state index in [1.807, 2.05) is 0 Å². The number of guanidine groups is 1. The van der Waals surface area contributed by atoms with Crippen LogP contribution in [0.15, 0.2) is 53.5 Å². The zero-order chi connectivity index (χ0) is 21.3. The first-order valence-electron chi connectivity index (χ1n) is 11.2. The second kappa shape index (κ2) is 12.9. The van der Waals surface area contributed by atoms with Crippen molar-refractivity contribution in [2.45, 2.75) is 45.8 Å². The van der Waals surface area contributed by atoms with Gasteiger partial charge in [0.2, 0.25) is 0 Å². The maximum atomic E-state index is 4.84. The minimum Gasteiger partial charge on any atom is -0.372 e. The third-order valence-electron chi connectivity index (χ3n) is 5.45. The molecular weight excluding hydrogens is 497 g/mol. The van der Waals surface area contributed by atoms with Gasteiger partial charge in [-0.25, -0.2) is 4.99 Å². The van der Waals surface area contributed by atoms with Crippen molar-refractivity contribution in [2.24, 2.45) is 4.99 Å². The average Bonchev–Trinajstić information content (AvgIpc) is 3.27. The number of aliphatic imine (C=N–C) groups is 1. The van der Waals surface area contributed by atoms with Gasteiger partial charge in [-0.1, -0.05) is 36.4 Å². The number of rotatable bonds is 8. The molecule has 0 aromatic heterocycles. The van der Waals surface area contributed by atoms with Crippen LogP contribution in [0.4, 0.5) is 5.69 Å². The molecule has 31 heavy (non-hydrogen) atoms. The Morgan fingerprint density at radius 1 is 1.06 bits per heavy atom. The van der Waals surface area contributed by atoms with Crippen molar-refractivity contribution in [3.05, 3.63) is 65.2 Å². The lowest BCUT2D eigenvalue weighted by atomic mass is 10.1. The largest absolute Gasteiger partial charge is 0.372 e. The number of hydrogen-bond donors (Lipinski definition) is 2. The average molecular weight is 536 g/mol. The Labute approximate surface area is 205 Å². The van der Waals surface area contributed by atoms with Crippen LogP contribution in [-0.4, -0.2) is 44.6 Å². The monoisotopic (exact) mass is 535 g/mol. The molecule has 1 heterocycles. The first kappa shape index (κ1) is 25.5. The number of anilines is 1. The van der Waals surface area contributed by atoms with Gasteiger partial charge in [-0.15, -0.1) is 24.0 Å². The highest BCUT2D eigenvalue weighted by atomic mass is 127. The maximum Gasteiger partial charge on any atom is 0.192 e. The molecule has 1 atom stereocenters. The molecule has 0 spiro atoms. The Kier molecular flexibility index (Phi) is 10.6. The Bertz CT molecular complexity index is 830. The fourth-order valence-corrected chi connectivity index (χ4v) is 3.94. The van der Waals surface area contributed by atoms with Crippen molar-refractivity contribution in [1.29, 1.82) is 0 Å². The summed E-state index contributed by atoms with van der Waals surface area (Å²) < 4.78 is 0. The standard InChI is InChI=1S/C25H37N5.HI/c1-5-26-25(27-18-21-10-8-11-22(16-21)19-29(3)4)28-20(2)23-12-9-13-24(17-23)30-14-6-7-15-30;/h8-13,16-17,20H,5-7,14-15,18-19H2,1-4H3,(H2,26,27,28);1H. The molecule has 2 aromatic rings. The third kappa shape index (κ3) is 8.00. The molecule has 0 bridgehead atoms. The first-order valence-corrected chi connectivity index (χ1v) is 11.2. The second-order valence-corrected chi connectivity index (χ2v) is 8.41. The van der Waals surface area contributed by atoms with Crippen LogP contribution in [0.1, 0.15) is 49.4 Å². The Morgan fingerprint density at radius 2 is 1.77 bits per heavy atom. The highest BCUT2D eigenvalue weighted by molar-refractivity contribution is 14.0. The van der Waals surface area contributed by atoms with Crippen LogP contribution in [-0.2, 0) is 13.1 Å². The van der Waals surface area contributed by atoms with Gasteiger partial charge >= 0.3 is 0 Å². The van der Waals surface area contributed by atoms with Crippen LogP contribution in [0.25, 0.3) is 0 Å². The van der Waals surface area contributed by atoms with Gasteiger partial charge in [0.15, 0.2) is 5.96 Å². The van der Waals surface area contributed by atoms with E-state index in [0.717, 1.165) is 19.0 Å². The quantitative estimate of drug-likeness (QED) is 0.290. The molecule has 3 rings (SSSR count). The number of halogens is 1. The van der Waals surface area contributed by atoms with E-state index in [4.69, 9.17) is 4.99 Å². The Hall–Kier alpha value is -1.80. The molecular formula is C25H38IN5. The lowest BCUT2D eigenvalue weighted by molar-refractivity contribution is 0.402. The van der Waals surface area contributed by atoms with Crippen molar-refractivity contribution in [1.82, 2.24) is 15.5 Å². The molecule has 0 amide bonds. The van der Waals surface area contributed by atoms with Gasteiger partial charge in [0.25, 0.3) is 0 Å². The third-order valence-corrected chi connectivity index (χ3v) is 5.45. The van der Waals surface area contributed by atoms with Crippen molar-refractivity contribution in [3.63, 3.8) is 0 Å². The van der Waals surface area contributed by atoms with E-state index >= 15 is 0 Å². The zero-order valence-corrected chi connectivity index (χ0v) is 21.7. The van der Waals surface area contributed by atoms with Crippen molar-refractivity contribution in [2.75, 3.05) is 38.6 Å². The number of nitrogens with one attached hydrogen (secondary N) is 2. The fourth-order valence-electron chi connectivity index (χ4n) is 3.94. The summed E-state index contributed by atoms with van der Waals surface area (Å²) in [5.41, 5.74) is 5.17. The molecule has 1 aliphatic heterocycles. The Morgan fingerprint density at radius 3 is 2.48 bits per heavy atom. The normalized spacial score (nSPS) is 15.0. The number of benzene rings is 2. The van der Waals surface area contributed by atoms with Crippen LogP contribution in [0.3, 0.4) is 0 Å². The molecule has 1 fully saturated rings. The van der Waals surface area contributed by atoms with Crippen LogP contribution in [0, 0.1) is 0 Å². The van der Waals surface area contributed by atoms with Crippen molar-refractivity contribution in [3.8, 4) is 0 Å². The van der Waals surface area contributed by atoms with Crippen LogP contribution in [0.2, 0.25) is 0 Å². The highest BCUT2D eigenvalue weighted by Gasteiger charge is 2.14. The SMILES string of the molecule is CCNC(=NCc1cccc(CN(C)C)c1)NC(C)c1cccc(N2CCCC2)c1.I. The van der Waals surface area contributed by atoms with Crippen molar-refractivity contribution < 1.29 is 0 Å². The molecule has 170 valence electrons. The van der Waals surface area contributed by atoms with E-state index in [-0.39, 0.29) is 30.0 Å². The van der Waals surface area contributed by atoms with Gasteiger partial charge in [-0.3, -0.25) is 0 Å². The summed E-state index contributed by atoms with van der Waals surface area (Å²) >= 11 is 0. The number of hydrogen-bond acceptors (Lipinski definition) is 3. The molecule has 1 saturated heterocycles. The molecule has 0 aliphatic carbocycles. The summed E-state index contributed by atoms with van der Waals surface area (Å²) in [6.45, 7) is 9.09. The van der Waals surface area contributed by atoms with E-state index in [9.17, 15) is 0 Å². The number of nitrogens with zero attached hydrogens (tertiary/aromatic N) is 3. The summed E-state index contributed by atoms with van der Waals surface area (Å²) in [4.78, 5) is 9.51. The van der Waals surface area contributed by atoms with Gasteiger partial charge in [0, 0.05) is 31.9 Å². The van der Waals surface area contributed by atoms with Crippen molar-refractivity contribution >= 4 is 35.6 Å². The van der Waals surface area contributed by atoms with Gasteiger partial charge in [-0.05, 0) is 69.6 Å². The lowest BCUT2D eigenvalue weighted by Crippen LogP contribution is -2.38. The minimum absolute atomic E-state index is 0. The lowest BCUT2D eigenvalue weighted by Gasteiger charge is -2.22. The van der Waals surface area contributed by atoms with E-state index in [2.05, 4.69) is 96.9 Å². The molecule has 5 nitrogen and oxygen atoms in total. The van der Waals surface area contributed by atoms with Crippen LogP contribution < -0.4 is 15.5 Å². The van der Waals surface area contributed by atoms with Gasteiger partial charge in [0.1, 0.15) is 0 Å². The van der Waals surface area contributed by atoms with E-state index in [1.165, 1.54) is 48.3 Å². The summed E-state index contributed by atoms with van der Waals surface area (Å²) in [6, 6.07) is 17.8. The Balaban J connectivity index is 0.00000341. The highest BCUT2D eigenvalue weighted by Crippen LogP contribution is 2.24.